The van der Waals surface area contributed by atoms with Gasteiger partial charge in [0, 0.05) is 30.7 Å². The Kier molecular flexibility index (Phi) is 5.74. The number of carbonyl (C=O) groups excluding carboxylic acids is 2. The number of amides is 2. The van der Waals surface area contributed by atoms with E-state index in [1.807, 2.05) is 0 Å². The summed E-state index contributed by atoms with van der Waals surface area (Å²) < 4.78 is 34.0. The summed E-state index contributed by atoms with van der Waals surface area (Å²) in [5, 5.41) is 24.9. The zero-order valence-corrected chi connectivity index (χ0v) is 17.4. The van der Waals surface area contributed by atoms with E-state index in [1.165, 1.54) is 24.3 Å². The van der Waals surface area contributed by atoms with Crippen LogP contribution in [0, 0.1) is 0 Å². The maximum atomic E-state index is 12.4. The first-order valence-electron chi connectivity index (χ1n) is 11.8. The topological polar surface area (TPSA) is 220 Å². The second kappa shape index (κ2) is 10.3. The summed E-state index contributed by atoms with van der Waals surface area (Å²) in [7, 11) is 0. The number of aromatic nitrogens is 2. The zero-order valence-electron chi connectivity index (χ0n) is 21.4. The molecule has 180 valence electrons. The molecule has 14 heteroatoms. The average Bonchev–Trinajstić information content (AvgIpc) is 2.82. The van der Waals surface area contributed by atoms with Crippen molar-refractivity contribution < 1.29 is 34.9 Å². The van der Waals surface area contributed by atoms with Gasteiger partial charge in [-0.1, -0.05) is 0 Å². The molecule has 1 aromatic carbocycles. The zero-order chi connectivity index (χ0) is 28.4. The number of aliphatic carboxylic acids is 2. The van der Waals surface area contributed by atoms with Gasteiger partial charge in [0.1, 0.15) is 6.04 Å². The summed E-state index contributed by atoms with van der Waals surface area (Å²) in [4.78, 5) is 65.2. The number of nitrogens with zero attached hydrogens (tertiary/aromatic N) is 2. The van der Waals surface area contributed by atoms with E-state index in [2.05, 4.69) is 25.9 Å². The van der Waals surface area contributed by atoms with E-state index in [1.54, 1.807) is 0 Å². The Morgan fingerprint density at radius 3 is 2.71 bits per heavy atom. The molecule has 0 fully saturated rings. The lowest BCUT2D eigenvalue weighted by Gasteiger charge is -2.34. The molecule has 0 radical (unpaired) electrons. The number of benzene rings is 1. The number of carboxylic acids is 2. The highest BCUT2D eigenvalue weighted by Crippen LogP contribution is 2.25. The Balaban J connectivity index is 1.83. The number of aromatic amines is 1. The van der Waals surface area contributed by atoms with Crippen molar-refractivity contribution in [2.75, 3.05) is 34.3 Å². The molecule has 14 nitrogen and oxygen atoms in total. The molecule has 2 aromatic rings. The van der Waals surface area contributed by atoms with Crippen LogP contribution in [0.1, 0.15) is 28.7 Å². The molecule has 3 atom stereocenters. The lowest BCUT2D eigenvalue weighted by Crippen LogP contribution is -2.50. The Bertz CT molecular complexity index is 1320. The molecule has 0 saturated heterocycles. The number of rotatable bonds is 10. The smallest absolute Gasteiger partial charge is 0.326 e. The van der Waals surface area contributed by atoms with Crippen molar-refractivity contribution in [3.05, 3.63) is 40.2 Å². The minimum atomic E-state index is -2.88. The monoisotopic (exact) mass is 477 g/mol. The second-order valence-corrected chi connectivity index (χ2v) is 6.92. The number of nitrogens with one attached hydrogen (secondary N) is 4. The Hall–Kier alpha value is -4.62. The van der Waals surface area contributed by atoms with E-state index in [-0.39, 0.29) is 35.8 Å². The normalized spacial score (nSPS) is 21.9. The van der Waals surface area contributed by atoms with Crippen molar-refractivity contribution in [2.24, 2.45) is 0 Å². The van der Waals surface area contributed by atoms with Crippen molar-refractivity contribution in [3.8, 4) is 0 Å². The Labute approximate surface area is 197 Å². The third-order valence-corrected chi connectivity index (χ3v) is 4.60. The van der Waals surface area contributed by atoms with Crippen LogP contribution in [0.15, 0.2) is 29.1 Å². The molecular weight excluding hydrogens is 450 g/mol. The summed E-state index contributed by atoms with van der Waals surface area (Å²) in [5.41, 5.74) is 4.00. The predicted molar refractivity (Wildman–Crippen MR) is 121 cm³/mol. The largest absolute Gasteiger partial charge is 0.481 e. The fraction of sp³-hybridized carbons (Fsp3) is 0.300. The molecule has 0 saturated carbocycles. The van der Waals surface area contributed by atoms with Gasteiger partial charge in [-0.15, -0.1) is 0 Å². The number of fused-ring (bicyclic) bond motifs is 1. The van der Waals surface area contributed by atoms with E-state index >= 15 is 0 Å². The number of nitrogen functional groups attached to an aromatic ring is 1. The number of nitrogens with two attached hydrogens (primary N) is 1. The van der Waals surface area contributed by atoms with Crippen LogP contribution in [0.2, 0.25) is 0 Å². The van der Waals surface area contributed by atoms with Gasteiger partial charge < -0.3 is 36.8 Å². The molecule has 1 aliphatic rings. The van der Waals surface area contributed by atoms with Crippen LogP contribution in [0.25, 0.3) is 0 Å². The fourth-order valence-corrected chi connectivity index (χ4v) is 2.95. The van der Waals surface area contributed by atoms with E-state index in [0.29, 0.717) is 4.90 Å². The first-order valence-corrected chi connectivity index (χ1v) is 9.68. The number of carboxylic acid groups (broad SMARTS) is 2. The molecule has 2 unspecified atom stereocenters. The van der Waals surface area contributed by atoms with Crippen LogP contribution in [-0.4, -0.2) is 69.5 Å². The van der Waals surface area contributed by atoms with E-state index in [9.17, 15) is 29.1 Å². The molecule has 3 rings (SSSR count). The molecule has 0 aliphatic carbocycles. The number of carbonyl (C=O) groups is 4. The highest BCUT2D eigenvalue weighted by Gasteiger charge is 2.29. The minimum Gasteiger partial charge on any atom is -0.481 e. The van der Waals surface area contributed by atoms with Crippen molar-refractivity contribution in [1.29, 1.82) is 0 Å². The van der Waals surface area contributed by atoms with Crippen molar-refractivity contribution >= 4 is 47.4 Å². The molecule has 2 amide bonds. The lowest BCUT2D eigenvalue weighted by atomic mass is 10.1. The van der Waals surface area contributed by atoms with Crippen LogP contribution >= 0.6 is 0 Å². The van der Waals surface area contributed by atoms with Gasteiger partial charge in [0.15, 0.2) is 11.5 Å². The fourth-order valence-electron chi connectivity index (χ4n) is 2.95. The van der Waals surface area contributed by atoms with Gasteiger partial charge in [0.05, 0.1) is 11.5 Å². The standard InChI is InChI=1S/C20H23N7O7/c21-20-25-16-15(18(32)26-20)27(9-28)12(8-23-16)7-22-11-3-1-10(2-4-11)17(31)24-13(19(33)34)5-6-14(29)30/h1-4,9,12-13,22H,5-8H2,(H,24,31)(H,29,30)(H,33,34)(H4,21,23,25,26,32)/t12?,13-/m0/s1/i7D2,8D,12D/t8?,12?,13-. The Morgan fingerprint density at radius 2 is 2.09 bits per heavy atom. The molecule has 0 bridgehead atoms. The van der Waals surface area contributed by atoms with Crippen LogP contribution in [0.3, 0.4) is 0 Å². The van der Waals surface area contributed by atoms with Crippen molar-refractivity contribution in [3.63, 3.8) is 0 Å². The van der Waals surface area contributed by atoms with Gasteiger partial charge in [-0.3, -0.25) is 24.2 Å². The molecule has 2 heterocycles. The summed E-state index contributed by atoms with van der Waals surface area (Å²) in [6.45, 7) is -4.73. The van der Waals surface area contributed by atoms with Crippen LogP contribution < -0.4 is 32.1 Å². The Morgan fingerprint density at radius 1 is 1.38 bits per heavy atom. The molecule has 8 N–H and O–H groups in total. The first kappa shape index (κ1) is 18.9. The van der Waals surface area contributed by atoms with Crippen molar-refractivity contribution in [2.45, 2.75) is 24.9 Å². The minimum absolute atomic E-state index is 0.00650. The second-order valence-electron chi connectivity index (χ2n) is 6.92. The van der Waals surface area contributed by atoms with E-state index < -0.39 is 60.6 Å². The summed E-state index contributed by atoms with van der Waals surface area (Å²) >= 11 is 0. The van der Waals surface area contributed by atoms with Crippen LogP contribution in [0.4, 0.5) is 23.1 Å². The van der Waals surface area contributed by atoms with Gasteiger partial charge in [-0.05, 0) is 30.7 Å². The average molecular weight is 477 g/mol. The number of hydrogen-bond donors (Lipinski definition) is 7. The number of hydrogen-bond acceptors (Lipinski definition) is 9. The number of H-pyrrole nitrogens is 1. The summed E-state index contributed by atoms with van der Waals surface area (Å²) in [5.74, 6) is -4.08. The quantitative estimate of drug-likeness (QED) is 0.211. The third-order valence-electron chi connectivity index (χ3n) is 4.60. The molecule has 34 heavy (non-hydrogen) atoms. The highest BCUT2D eigenvalue weighted by molar-refractivity contribution is 5.97. The molecular formula is C20H23N7O7. The predicted octanol–water partition coefficient (Wildman–Crippen LogP) is -0.731. The lowest BCUT2D eigenvalue weighted by molar-refractivity contribution is -0.140. The van der Waals surface area contributed by atoms with E-state index in [4.69, 9.17) is 16.3 Å². The SMILES string of the molecule is [2H]C1Nc2nc(N)[nH]c(=O)c2N(C=O)C1([2H])C([2H])([2H])Nc1ccc(C(=O)N[C@@H](CCC(=O)O)C(=O)O)cc1. The highest BCUT2D eigenvalue weighted by atomic mass is 16.4. The summed E-state index contributed by atoms with van der Waals surface area (Å²) in [6.07, 6.45) is -0.795. The maximum Gasteiger partial charge on any atom is 0.326 e. The molecule has 1 aromatic heterocycles. The van der Waals surface area contributed by atoms with Crippen molar-refractivity contribution in [1.82, 2.24) is 15.3 Å². The van der Waals surface area contributed by atoms with Gasteiger partial charge in [-0.25, -0.2) is 4.79 Å². The molecule has 1 aliphatic heterocycles. The first-order chi connectivity index (χ1) is 17.7. The van der Waals surface area contributed by atoms with Gasteiger partial charge in [0.2, 0.25) is 12.4 Å². The van der Waals surface area contributed by atoms with Gasteiger partial charge >= 0.3 is 11.9 Å². The van der Waals surface area contributed by atoms with Crippen LogP contribution in [-0.2, 0) is 14.4 Å². The summed E-state index contributed by atoms with van der Waals surface area (Å²) in [6, 6.07) is 0.677. The van der Waals surface area contributed by atoms with E-state index in [0.717, 1.165) is 0 Å². The number of anilines is 4. The van der Waals surface area contributed by atoms with Gasteiger partial charge in [0.25, 0.3) is 11.5 Å². The molecule has 0 spiro atoms. The van der Waals surface area contributed by atoms with Crippen LogP contribution in [0.5, 0.6) is 0 Å². The maximum absolute atomic E-state index is 12.4. The third kappa shape index (κ3) is 5.59. The van der Waals surface area contributed by atoms with Gasteiger partial charge in [-0.2, -0.15) is 4.98 Å².